The van der Waals surface area contributed by atoms with Crippen LogP contribution in [0.4, 0.5) is 0 Å². The Morgan fingerprint density at radius 3 is 2.58 bits per heavy atom. The number of hydrogen-bond acceptors (Lipinski definition) is 4. The lowest BCUT2D eigenvalue weighted by Crippen LogP contribution is -2.43. The highest BCUT2D eigenvalue weighted by Gasteiger charge is 2.29. The molecule has 0 spiro atoms. The van der Waals surface area contributed by atoms with Crippen molar-refractivity contribution in [2.75, 3.05) is 13.1 Å². The number of benzene rings is 1. The first-order valence-electron chi connectivity index (χ1n) is 8.75. The molecule has 26 heavy (non-hydrogen) atoms. The van der Waals surface area contributed by atoms with Crippen LogP contribution in [-0.4, -0.2) is 45.0 Å². The Kier molecular flexibility index (Phi) is 5.20. The topological polar surface area (TPSA) is 111 Å². The number of carbonyl (C=O) groups excluding carboxylic acids is 2. The Morgan fingerprint density at radius 1 is 1.27 bits per heavy atom. The number of nitrogens with zero attached hydrogens (tertiary/aromatic N) is 2. The van der Waals surface area contributed by atoms with E-state index >= 15 is 0 Å². The third-order valence-corrected chi connectivity index (χ3v) is 4.82. The summed E-state index contributed by atoms with van der Waals surface area (Å²) in [4.78, 5) is 40.5. The Hall–Kier alpha value is -2.90. The van der Waals surface area contributed by atoms with E-state index in [4.69, 9.17) is 0 Å². The molecule has 1 aromatic carbocycles. The summed E-state index contributed by atoms with van der Waals surface area (Å²) in [5.41, 5.74) is 1.27. The van der Waals surface area contributed by atoms with Crippen LogP contribution in [0.2, 0.25) is 0 Å². The van der Waals surface area contributed by atoms with Crippen LogP contribution in [0.3, 0.4) is 0 Å². The zero-order chi connectivity index (χ0) is 18.7. The smallest absolute Gasteiger partial charge is 0.340 e. The minimum atomic E-state index is -0.399. The van der Waals surface area contributed by atoms with Crippen LogP contribution in [0, 0.1) is 12.8 Å². The maximum absolute atomic E-state index is 12.6. The second kappa shape index (κ2) is 7.55. The molecular formula is C18H23N5O3. The minimum absolute atomic E-state index is 0.0180. The fourth-order valence-electron chi connectivity index (χ4n) is 3.22. The monoisotopic (exact) mass is 357 g/mol. The van der Waals surface area contributed by atoms with Gasteiger partial charge in [-0.25, -0.2) is 9.89 Å². The fraction of sp³-hybridized carbons (Fsp3) is 0.444. The number of nitrogens with one attached hydrogen (secondary N) is 3. The van der Waals surface area contributed by atoms with Crippen molar-refractivity contribution in [2.45, 2.75) is 32.7 Å². The lowest BCUT2D eigenvalue weighted by molar-refractivity contribution is -0.127. The summed E-state index contributed by atoms with van der Waals surface area (Å²) in [6.07, 6.45) is 1.24. The molecule has 138 valence electrons. The number of aromatic nitrogens is 3. The van der Waals surface area contributed by atoms with Gasteiger partial charge in [0.05, 0.1) is 6.04 Å². The molecule has 0 aliphatic carbocycles. The van der Waals surface area contributed by atoms with Crippen LogP contribution < -0.4 is 11.0 Å². The largest absolute Gasteiger partial charge is 0.346 e. The zero-order valence-electron chi connectivity index (χ0n) is 14.9. The molecule has 2 amide bonds. The Bertz CT molecular complexity index is 848. The standard InChI is InChI=1S/C18H23N5O3/c1-11-5-3-4-6-14(11)17(25)23-9-7-13(8-10-23)16(24)19-12(2)15-20-18(26)22-21-15/h3-6,12-13H,7-10H2,1-2H3,(H,19,24)(H2,20,21,22,26). The number of likely N-dealkylation sites (tertiary alicyclic amines) is 1. The lowest BCUT2D eigenvalue weighted by Gasteiger charge is -2.32. The number of hydrogen-bond donors (Lipinski definition) is 3. The SMILES string of the molecule is Cc1ccccc1C(=O)N1CCC(C(=O)NC(C)c2n[nH]c(=O)[nH]2)CC1. The number of carbonyl (C=O) groups is 2. The molecule has 0 radical (unpaired) electrons. The molecule has 2 heterocycles. The van der Waals surface area contributed by atoms with E-state index in [2.05, 4.69) is 20.5 Å². The van der Waals surface area contributed by atoms with Crippen LogP contribution in [-0.2, 0) is 4.79 Å². The second-order valence-corrected chi connectivity index (χ2v) is 6.67. The van der Waals surface area contributed by atoms with E-state index in [1.165, 1.54) is 0 Å². The van der Waals surface area contributed by atoms with Crippen molar-refractivity contribution >= 4 is 11.8 Å². The molecule has 1 aliphatic rings. The van der Waals surface area contributed by atoms with Gasteiger partial charge in [-0.05, 0) is 38.3 Å². The van der Waals surface area contributed by atoms with Gasteiger partial charge in [-0.2, -0.15) is 5.10 Å². The van der Waals surface area contributed by atoms with Crippen molar-refractivity contribution in [3.05, 3.63) is 51.7 Å². The van der Waals surface area contributed by atoms with E-state index in [9.17, 15) is 14.4 Å². The van der Waals surface area contributed by atoms with Gasteiger partial charge in [0.1, 0.15) is 0 Å². The maximum Gasteiger partial charge on any atom is 0.340 e. The number of rotatable bonds is 4. The third kappa shape index (κ3) is 3.84. The molecule has 2 aromatic rings. The van der Waals surface area contributed by atoms with Crippen molar-refractivity contribution in [1.82, 2.24) is 25.4 Å². The number of amides is 2. The molecular weight excluding hydrogens is 334 g/mol. The molecule has 3 rings (SSSR count). The van der Waals surface area contributed by atoms with Crippen LogP contribution in [0.1, 0.15) is 47.6 Å². The Balaban J connectivity index is 1.54. The van der Waals surface area contributed by atoms with Gasteiger partial charge >= 0.3 is 5.69 Å². The molecule has 1 atom stereocenters. The average Bonchev–Trinajstić information content (AvgIpc) is 3.08. The van der Waals surface area contributed by atoms with Gasteiger partial charge in [-0.1, -0.05) is 18.2 Å². The first kappa shape index (κ1) is 17.9. The highest BCUT2D eigenvalue weighted by atomic mass is 16.2. The number of aryl methyl sites for hydroxylation is 1. The summed E-state index contributed by atoms with van der Waals surface area (Å²) in [6.45, 7) is 4.80. The van der Waals surface area contributed by atoms with Crippen molar-refractivity contribution in [3.63, 3.8) is 0 Å². The normalized spacial score (nSPS) is 16.3. The average molecular weight is 357 g/mol. The summed E-state index contributed by atoms with van der Waals surface area (Å²) in [5.74, 6) is 0.188. The molecule has 1 aromatic heterocycles. The highest BCUT2D eigenvalue weighted by Crippen LogP contribution is 2.21. The van der Waals surface area contributed by atoms with Crippen LogP contribution in [0.5, 0.6) is 0 Å². The lowest BCUT2D eigenvalue weighted by atomic mass is 9.94. The summed E-state index contributed by atoms with van der Waals surface area (Å²) >= 11 is 0. The van der Waals surface area contributed by atoms with Gasteiger partial charge in [0, 0.05) is 24.6 Å². The number of aromatic amines is 2. The van der Waals surface area contributed by atoms with E-state index in [1.807, 2.05) is 31.2 Å². The summed E-state index contributed by atoms with van der Waals surface area (Å²) in [7, 11) is 0. The van der Waals surface area contributed by atoms with Gasteiger partial charge in [-0.3, -0.25) is 14.6 Å². The maximum atomic E-state index is 12.6. The van der Waals surface area contributed by atoms with Crippen molar-refractivity contribution in [1.29, 1.82) is 0 Å². The van der Waals surface area contributed by atoms with Gasteiger partial charge in [-0.15, -0.1) is 0 Å². The molecule has 0 saturated carbocycles. The van der Waals surface area contributed by atoms with E-state index in [1.54, 1.807) is 11.8 Å². The van der Waals surface area contributed by atoms with Crippen LogP contribution in [0.15, 0.2) is 29.1 Å². The van der Waals surface area contributed by atoms with Crippen molar-refractivity contribution in [2.24, 2.45) is 5.92 Å². The van der Waals surface area contributed by atoms with Crippen LogP contribution in [0.25, 0.3) is 0 Å². The molecule has 1 aliphatic heterocycles. The summed E-state index contributed by atoms with van der Waals surface area (Å²) < 4.78 is 0. The molecule has 3 N–H and O–H groups in total. The molecule has 1 unspecified atom stereocenters. The third-order valence-electron chi connectivity index (χ3n) is 4.82. The molecule has 8 nitrogen and oxygen atoms in total. The highest BCUT2D eigenvalue weighted by molar-refractivity contribution is 5.95. The number of H-pyrrole nitrogens is 2. The Labute approximate surface area is 151 Å². The molecule has 0 bridgehead atoms. The van der Waals surface area contributed by atoms with E-state index in [0.29, 0.717) is 37.3 Å². The van der Waals surface area contributed by atoms with E-state index in [0.717, 1.165) is 5.56 Å². The van der Waals surface area contributed by atoms with Gasteiger partial charge < -0.3 is 10.2 Å². The minimum Gasteiger partial charge on any atom is -0.346 e. The van der Waals surface area contributed by atoms with Gasteiger partial charge in [0.25, 0.3) is 5.91 Å². The quantitative estimate of drug-likeness (QED) is 0.762. The van der Waals surface area contributed by atoms with E-state index in [-0.39, 0.29) is 23.8 Å². The first-order chi connectivity index (χ1) is 12.5. The number of piperidine rings is 1. The summed E-state index contributed by atoms with van der Waals surface area (Å²) in [6, 6.07) is 7.15. The van der Waals surface area contributed by atoms with E-state index < -0.39 is 5.69 Å². The summed E-state index contributed by atoms with van der Waals surface area (Å²) in [5, 5.41) is 8.98. The molecule has 1 fully saturated rings. The predicted molar refractivity (Wildman–Crippen MR) is 95.6 cm³/mol. The molecule has 1 saturated heterocycles. The van der Waals surface area contributed by atoms with Crippen molar-refractivity contribution in [3.8, 4) is 0 Å². The van der Waals surface area contributed by atoms with Gasteiger partial charge in [0.2, 0.25) is 5.91 Å². The Morgan fingerprint density at radius 2 is 1.96 bits per heavy atom. The predicted octanol–water partition coefficient (Wildman–Crippen LogP) is 1.14. The van der Waals surface area contributed by atoms with Crippen molar-refractivity contribution < 1.29 is 9.59 Å². The first-order valence-corrected chi connectivity index (χ1v) is 8.75. The fourth-order valence-corrected chi connectivity index (χ4v) is 3.22. The van der Waals surface area contributed by atoms with Gasteiger partial charge in [0.15, 0.2) is 5.82 Å². The van der Waals surface area contributed by atoms with Crippen LogP contribution >= 0.6 is 0 Å². The zero-order valence-corrected chi connectivity index (χ0v) is 14.9. The second-order valence-electron chi connectivity index (χ2n) is 6.67. The molecule has 8 heteroatoms.